The number of nitrogens with zero attached hydrogens (tertiary/aromatic N) is 7. The highest BCUT2D eigenvalue weighted by molar-refractivity contribution is 5.95. The Morgan fingerprint density at radius 3 is 2.56 bits per heavy atom. The minimum atomic E-state index is 0.628. The number of imidazole rings is 1. The first-order chi connectivity index (χ1) is 16.7. The third-order valence-electron chi connectivity index (χ3n) is 5.59. The lowest BCUT2D eigenvalue weighted by Crippen LogP contribution is -2.10. The van der Waals surface area contributed by atoms with Gasteiger partial charge >= 0.3 is 0 Å². The Morgan fingerprint density at radius 1 is 0.824 bits per heavy atom. The summed E-state index contributed by atoms with van der Waals surface area (Å²) in [6.45, 7) is 0.812. The smallest absolute Gasteiger partial charge is 0.161 e. The van der Waals surface area contributed by atoms with Crippen LogP contribution in [0.1, 0.15) is 5.56 Å². The van der Waals surface area contributed by atoms with Crippen molar-refractivity contribution in [2.45, 2.75) is 6.54 Å². The van der Waals surface area contributed by atoms with Gasteiger partial charge in [-0.1, -0.05) is 6.07 Å². The highest BCUT2D eigenvalue weighted by Gasteiger charge is 2.17. The Morgan fingerprint density at radius 2 is 1.71 bits per heavy atom. The number of rotatable bonds is 5. The van der Waals surface area contributed by atoms with Crippen molar-refractivity contribution in [2.75, 3.05) is 14.1 Å². The van der Waals surface area contributed by atoms with Crippen molar-refractivity contribution in [2.24, 2.45) is 0 Å². The lowest BCUT2D eigenvalue weighted by molar-refractivity contribution is 0.402. The third kappa shape index (κ3) is 3.57. The van der Waals surface area contributed by atoms with Gasteiger partial charge in [-0.3, -0.25) is 20.1 Å². The molecule has 0 fully saturated rings. The van der Waals surface area contributed by atoms with Crippen LogP contribution in [0.25, 0.3) is 56.0 Å². The zero-order valence-corrected chi connectivity index (χ0v) is 18.7. The zero-order chi connectivity index (χ0) is 23.1. The normalized spacial score (nSPS) is 11.6. The SMILES string of the molecule is CN(C)Cc1cncc(-c2ccc3[nH]nc(-c4nc5c(-c6cccnc6)cncc5[nH]4)c3n2)c1. The van der Waals surface area contributed by atoms with Gasteiger partial charge in [0, 0.05) is 54.2 Å². The van der Waals surface area contributed by atoms with Gasteiger partial charge in [0.2, 0.25) is 0 Å². The molecule has 0 spiro atoms. The average molecular weight is 448 g/mol. The van der Waals surface area contributed by atoms with Crippen LogP contribution in [-0.4, -0.2) is 59.1 Å². The van der Waals surface area contributed by atoms with E-state index in [1.54, 1.807) is 24.8 Å². The molecular formula is C25H21N9. The largest absolute Gasteiger partial charge is 0.335 e. The van der Waals surface area contributed by atoms with E-state index in [4.69, 9.17) is 9.97 Å². The second-order valence-electron chi connectivity index (χ2n) is 8.39. The molecule has 6 rings (SSSR count). The van der Waals surface area contributed by atoms with E-state index in [9.17, 15) is 0 Å². The second kappa shape index (κ2) is 8.13. The average Bonchev–Trinajstić information content (AvgIpc) is 3.48. The number of H-pyrrole nitrogens is 2. The predicted molar refractivity (Wildman–Crippen MR) is 131 cm³/mol. The quantitative estimate of drug-likeness (QED) is 0.409. The number of hydrogen-bond acceptors (Lipinski definition) is 7. The van der Waals surface area contributed by atoms with Gasteiger partial charge in [0.1, 0.15) is 11.0 Å². The van der Waals surface area contributed by atoms with E-state index < -0.39 is 0 Å². The minimum Gasteiger partial charge on any atom is -0.335 e. The molecular weight excluding hydrogens is 426 g/mol. The van der Waals surface area contributed by atoms with Gasteiger partial charge < -0.3 is 9.88 Å². The van der Waals surface area contributed by atoms with Gasteiger partial charge in [-0.05, 0) is 43.9 Å². The monoisotopic (exact) mass is 447 g/mol. The summed E-state index contributed by atoms with van der Waals surface area (Å²) in [4.78, 5) is 28.3. The Hall–Kier alpha value is -4.50. The van der Waals surface area contributed by atoms with Crippen molar-refractivity contribution in [3.63, 3.8) is 0 Å². The molecule has 0 radical (unpaired) electrons. The summed E-state index contributed by atoms with van der Waals surface area (Å²) in [6.07, 6.45) is 10.8. The predicted octanol–water partition coefficient (Wildman–Crippen LogP) is 4.08. The molecule has 0 bridgehead atoms. The molecule has 9 nitrogen and oxygen atoms in total. The van der Waals surface area contributed by atoms with Gasteiger partial charge in [0.15, 0.2) is 11.5 Å². The Balaban J connectivity index is 1.45. The Bertz CT molecular complexity index is 1620. The number of aromatic nitrogens is 8. The summed E-state index contributed by atoms with van der Waals surface area (Å²) >= 11 is 0. The third-order valence-corrected chi connectivity index (χ3v) is 5.59. The summed E-state index contributed by atoms with van der Waals surface area (Å²) < 4.78 is 0. The molecule has 9 heteroatoms. The maximum atomic E-state index is 4.92. The first-order valence-electron chi connectivity index (χ1n) is 10.8. The minimum absolute atomic E-state index is 0.628. The molecule has 0 aliphatic carbocycles. The van der Waals surface area contributed by atoms with Crippen molar-refractivity contribution in [3.8, 4) is 33.9 Å². The van der Waals surface area contributed by atoms with Gasteiger partial charge in [-0.15, -0.1) is 0 Å². The number of aromatic amines is 2. The number of nitrogens with one attached hydrogen (secondary N) is 2. The Kier molecular flexibility index (Phi) is 4.81. The van der Waals surface area contributed by atoms with Crippen LogP contribution in [0.15, 0.2) is 67.5 Å². The van der Waals surface area contributed by atoms with Crippen LogP contribution in [-0.2, 0) is 6.54 Å². The van der Waals surface area contributed by atoms with Crippen LogP contribution in [0.2, 0.25) is 0 Å². The molecule has 2 N–H and O–H groups in total. The lowest BCUT2D eigenvalue weighted by atomic mass is 10.1. The summed E-state index contributed by atoms with van der Waals surface area (Å²) in [7, 11) is 4.08. The molecule has 166 valence electrons. The number of hydrogen-bond donors (Lipinski definition) is 2. The van der Waals surface area contributed by atoms with Crippen molar-refractivity contribution < 1.29 is 0 Å². The molecule has 0 atom stereocenters. The second-order valence-corrected chi connectivity index (χ2v) is 8.39. The van der Waals surface area contributed by atoms with Crippen LogP contribution >= 0.6 is 0 Å². The molecule has 0 saturated carbocycles. The number of fused-ring (bicyclic) bond motifs is 2. The van der Waals surface area contributed by atoms with E-state index in [2.05, 4.69) is 41.1 Å². The first kappa shape index (κ1) is 20.1. The lowest BCUT2D eigenvalue weighted by Gasteiger charge is -2.10. The number of pyridine rings is 4. The molecule has 6 aromatic heterocycles. The van der Waals surface area contributed by atoms with Gasteiger partial charge in [0.25, 0.3) is 0 Å². The van der Waals surface area contributed by atoms with Crippen molar-refractivity contribution in [1.29, 1.82) is 0 Å². The molecule has 0 saturated heterocycles. The summed E-state index contributed by atoms with van der Waals surface area (Å²) in [6, 6.07) is 9.97. The Labute approximate surface area is 195 Å². The fourth-order valence-electron chi connectivity index (χ4n) is 4.08. The molecule has 6 heterocycles. The standard InChI is InChI=1S/C25H21N9/c1-34(2)14-15-8-17(11-27-9-15)19-5-6-20-23(29-19)24(33-32-20)25-30-21-13-28-12-18(22(21)31-25)16-4-3-7-26-10-16/h3-13H,14H2,1-2H3,(H,30,31)(H,32,33). The summed E-state index contributed by atoms with van der Waals surface area (Å²) in [5.41, 5.74) is 8.65. The van der Waals surface area contributed by atoms with Crippen LogP contribution in [0.5, 0.6) is 0 Å². The molecule has 0 aromatic carbocycles. The highest BCUT2D eigenvalue weighted by Crippen LogP contribution is 2.31. The molecule has 0 unspecified atom stereocenters. The van der Waals surface area contributed by atoms with Crippen LogP contribution in [0.4, 0.5) is 0 Å². The van der Waals surface area contributed by atoms with Gasteiger partial charge in [0.05, 0.1) is 22.9 Å². The van der Waals surface area contributed by atoms with E-state index in [1.807, 2.05) is 50.8 Å². The molecule has 0 aliphatic rings. The van der Waals surface area contributed by atoms with Crippen LogP contribution in [0.3, 0.4) is 0 Å². The van der Waals surface area contributed by atoms with Crippen molar-refractivity contribution >= 4 is 22.1 Å². The van der Waals surface area contributed by atoms with E-state index >= 15 is 0 Å². The van der Waals surface area contributed by atoms with E-state index in [0.717, 1.165) is 56.6 Å². The van der Waals surface area contributed by atoms with E-state index in [1.165, 1.54) is 0 Å². The fourth-order valence-corrected chi connectivity index (χ4v) is 4.08. The van der Waals surface area contributed by atoms with Gasteiger partial charge in [-0.2, -0.15) is 5.10 Å². The maximum absolute atomic E-state index is 4.92. The molecule has 34 heavy (non-hydrogen) atoms. The summed E-state index contributed by atoms with van der Waals surface area (Å²) in [5.74, 6) is 0.628. The summed E-state index contributed by atoms with van der Waals surface area (Å²) in [5, 5.41) is 7.59. The maximum Gasteiger partial charge on any atom is 0.161 e. The molecule has 0 aliphatic heterocycles. The van der Waals surface area contributed by atoms with E-state index in [-0.39, 0.29) is 0 Å². The zero-order valence-electron chi connectivity index (χ0n) is 18.7. The topological polar surface area (TPSA) is 112 Å². The van der Waals surface area contributed by atoms with Gasteiger partial charge in [-0.25, -0.2) is 9.97 Å². The highest BCUT2D eigenvalue weighted by atomic mass is 15.2. The van der Waals surface area contributed by atoms with Crippen molar-refractivity contribution in [3.05, 3.63) is 73.1 Å². The molecule has 0 amide bonds. The van der Waals surface area contributed by atoms with E-state index in [0.29, 0.717) is 11.5 Å². The molecule has 6 aromatic rings. The first-order valence-corrected chi connectivity index (χ1v) is 10.8. The van der Waals surface area contributed by atoms with Crippen molar-refractivity contribution in [1.82, 2.24) is 45.0 Å². The van der Waals surface area contributed by atoms with Crippen LogP contribution < -0.4 is 0 Å². The fraction of sp³-hybridized carbons (Fsp3) is 0.120. The van der Waals surface area contributed by atoms with Crippen LogP contribution in [0, 0.1) is 0 Å².